The van der Waals surface area contributed by atoms with Crippen LogP contribution in [0.25, 0.3) is 0 Å². The fourth-order valence-electron chi connectivity index (χ4n) is 3.19. The third kappa shape index (κ3) is 3.59. The van der Waals surface area contributed by atoms with Crippen molar-refractivity contribution in [3.63, 3.8) is 0 Å². The van der Waals surface area contributed by atoms with Gasteiger partial charge in [0.2, 0.25) is 5.91 Å². The van der Waals surface area contributed by atoms with Gasteiger partial charge in [-0.25, -0.2) is 4.79 Å². The maximum absolute atomic E-state index is 12.5. The third-order valence-corrected chi connectivity index (χ3v) is 4.60. The maximum atomic E-state index is 12.5. The molecule has 0 spiro atoms. The molecule has 1 saturated carbocycles. The largest absolute Gasteiger partial charge is 0.343 e. The van der Waals surface area contributed by atoms with Gasteiger partial charge in [0.15, 0.2) is 0 Å². The van der Waals surface area contributed by atoms with Crippen molar-refractivity contribution in [3.8, 4) is 0 Å². The number of nitrogens with zero attached hydrogens (tertiary/aromatic N) is 1. The Labute approximate surface area is 132 Å². The first-order chi connectivity index (χ1) is 10.5. The molecule has 0 aromatic carbocycles. The lowest BCUT2D eigenvalue weighted by molar-refractivity contribution is -0.132. The van der Waals surface area contributed by atoms with Crippen molar-refractivity contribution in [2.75, 3.05) is 13.1 Å². The molecule has 1 aliphatic heterocycles. The third-order valence-electron chi connectivity index (χ3n) is 4.60. The first-order valence-electron chi connectivity index (χ1n) is 8.44. The van der Waals surface area contributed by atoms with Crippen LogP contribution in [0.1, 0.15) is 58.8 Å². The average Bonchev–Trinajstić information content (AvgIpc) is 3.28. The van der Waals surface area contributed by atoms with E-state index in [1.807, 2.05) is 4.90 Å². The van der Waals surface area contributed by atoms with Gasteiger partial charge in [-0.2, -0.15) is 0 Å². The normalized spacial score (nSPS) is 24.1. The van der Waals surface area contributed by atoms with Gasteiger partial charge in [0, 0.05) is 19.5 Å². The van der Waals surface area contributed by atoms with Gasteiger partial charge in [-0.1, -0.05) is 20.3 Å². The monoisotopic (exact) mass is 309 g/mol. The highest BCUT2D eigenvalue weighted by Gasteiger charge is 2.55. The Morgan fingerprint density at radius 2 is 1.95 bits per heavy atom. The minimum atomic E-state index is -0.852. The summed E-state index contributed by atoms with van der Waals surface area (Å²) < 4.78 is 0. The van der Waals surface area contributed by atoms with E-state index in [2.05, 4.69) is 24.5 Å². The molecule has 2 rings (SSSR count). The highest BCUT2D eigenvalue weighted by Crippen LogP contribution is 2.43. The summed E-state index contributed by atoms with van der Waals surface area (Å²) in [6.45, 7) is 5.70. The van der Waals surface area contributed by atoms with Crippen molar-refractivity contribution in [2.24, 2.45) is 5.92 Å². The second-order valence-electron chi connectivity index (χ2n) is 6.39. The van der Waals surface area contributed by atoms with Gasteiger partial charge < -0.3 is 10.2 Å². The average molecular weight is 309 g/mol. The molecule has 2 aliphatic rings. The van der Waals surface area contributed by atoms with Crippen LogP contribution in [0, 0.1) is 5.92 Å². The number of unbranched alkanes of at least 4 members (excludes halogenated alkanes) is 1. The van der Waals surface area contributed by atoms with Crippen molar-refractivity contribution < 1.29 is 14.4 Å². The van der Waals surface area contributed by atoms with Gasteiger partial charge in [0.25, 0.3) is 5.91 Å². The predicted molar refractivity (Wildman–Crippen MR) is 83.1 cm³/mol. The molecule has 1 saturated heterocycles. The van der Waals surface area contributed by atoms with Crippen molar-refractivity contribution >= 4 is 17.8 Å². The lowest BCUT2D eigenvalue weighted by Crippen LogP contribution is -2.50. The quantitative estimate of drug-likeness (QED) is 0.637. The zero-order chi connectivity index (χ0) is 16.2. The first kappa shape index (κ1) is 16.8. The van der Waals surface area contributed by atoms with Crippen LogP contribution in [-0.2, 0) is 9.59 Å². The summed E-state index contributed by atoms with van der Waals surface area (Å²) in [6.07, 6.45) is 5.58. The molecule has 1 atom stereocenters. The number of rotatable bonds is 9. The van der Waals surface area contributed by atoms with Crippen LogP contribution in [0.2, 0.25) is 0 Å². The number of imide groups is 1. The molecule has 6 nitrogen and oxygen atoms in total. The zero-order valence-electron chi connectivity index (χ0n) is 13.6. The van der Waals surface area contributed by atoms with Crippen LogP contribution in [0.3, 0.4) is 0 Å². The number of carbonyl (C=O) groups is 3. The number of amides is 4. The van der Waals surface area contributed by atoms with E-state index in [9.17, 15) is 14.4 Å². The van der Waals surface area contributed by atoms with Gasteiger partial charge in [0.05, 0.1) is 0 Å². The SMILES string of the molecule is CCCCN(CCC)C(=O)CCC1(C2CC2)NC(=O)NC1=O. The summed E-state index contributed by atoms with van der Waals surface area (Å²) in [5.74, 6) is 0.00897. The van der Waals surface area contributed by atoms with E-state index >= 15 is 0 Å². The molecule has 2 N–H and O–H groups in total. The molecule has 124 valence electrons. The van der Waals surface area contributed by atoms with Gasteiger partial charge in [-0.05, 0) is 38.0 Å². The summed E-state index contributed by atoms with van der Waals surface area (Å²) in [7, 11) is 0. The van der Waals surface area contributed by atoms with Crippen molar-refractivity contribution in [1.29, 1.82) is 0 Å². The summed E-state index contributed by atoms with van der Waals surface area (Å²) >= 11 is 0. The van der Waals surface area contributed by atoms with Crippen LogP contribution in [0.5, 0.6) is 0 Å². The summed E-state index contributed by atoms with van der Waals surface area (Å²) in [6, 6.07) is -0.430. The van der Waals surface area contributed by atoms with E-state index in [1.165, 1.54) is 0 Å². The minimum Gasteiger partial charge on any atom is -0.343 e. The molecule has 1 aliphatic carbocycles. The molecule has 0 aromatic heterocycles. The number of carbonyl (C=O) groups excluding carboxylic acids is 3. The Morgan fingerprint density at radius 3 is 2.45 bits per heavy atom. The first-order valence-corrected chi connectivity index (χ1v) is 8.44. The lowest BCUT2D eigenvalue weighted by atomic mass is 9.87. The highest BCUT2D eigenvalue weighted by molar-refractivity contribution is 6.07. The smallest absolute Gasteiger partial charge is 0.322 e. The van der Waals surface area contributed by atoms with Gasteiger partial charge in [-0.3, -0.25) is 14.9 Å². The van der Waals surface area contributed by atoms with E-state index in [0.29, 0.717) is 12.8 Å². The molecule has 0 radical (unpaired) electrons. The predicted octanol–water partition coefficient (Wildman–Crippen LogP) is 1.79. The van der Waals surface area contributed by atoms with E-state index in [1.54, 1.807) is 0 Å². The second-order valence-corrected chi connectivity index (χ2v) is 6.39. The second kappa shape index (κ2) is 7.11. The number of hydrogen-bond donors (Lipinski definition) is 2. The van der Waals surface area contributed by atoms with Crippen molar-refractivity contribution in [1.82, 2.24) is 15.5 Å². The van der Waals surface area contributed by atoms with Crippen molar-refractivity contribution in [2.45, 2.75) is 64.3 Å². The molecular weight excluding hydrogens is 282 g/mol. The molecule has 1 unspecified atom stereocenters. The molecule has 1 heterocycles. The number of urea groups is 1. The van der Waals surface area contributed by atoms with Gasteiger partial charge in [-0.15, -0.1) is 0 Å². The molecule has 0 aromatic rings. The minimum absolute atomic E-state index is 0.0873. The Kier molecular flexibility index (Phi) is 5.42. The summed E-state index contributed by atoms with van der Waals surface area (Å²) in [5.41, 5.74) is -0.852. The van der Waals surface area contributed by atoms with Crippen molar-refractivity contribution in [3.05, 3.63) is 0 Å². The molecule has 4 amide bonds. The standard InChI is InChI=1S/C16H27N3O3/c1-3-5-11-19(10-4-2)13(20)8-9-16(12-6-7-12)14(21)17-15(22)18-16/h12H,3-11H2,1-2H3,(H2,17,18,21,22). The Balaban J connectivity index is 1.95. The lowest BCUT2D eigenvalue weighted by Gasteiger charge is -2.28. The summed E-state index contributed by atoms with van der Waals surface area (Å²) in [4.78, 5) is 38.0. The topological polar surface area (TPSA) is 78.5 Å². The van der Waals surface area contributed by atoms with Gasteiger partial charge >= 0.3 is 6.03 Å². The van der Waals surface area contributed by atoms with E-state index in [4.69, 9.17) is 0 Å². The molecule has 0 bridgehead atoms. The zero-order valence-corrected chi connectivity index (χ0v) is 13.6. The molecule has 6 heteroatoms. The Hall–Kier alpha value is -1.59. The Bertz CT molecular complexity index is 448. The fourth-order valence-corrected chi connectivity index (χ4v) is 3.19. The molecular formula is C16H27N3O3. The van der Waals surface area contributed by atoms with Gasteiger partial charge in [0.1, 0.15) is 5.54 Å². The van der Waals surface area contributed by atoms with Crippen LogP contribution < -0.4 is 10.6 Å². The van der Waals surface area contributed by atoms with E-state index in [-0.39, 0.29) is 17.7 Å². The molecule has 22 heavy (non-hydrogen) atoms. The summed E-state index contributed by atoms with van der Waals surface area (Å²) in [5, 5.41) is 5.11. The number of nitrogens with one attached hydrogen (secondary N) is 2. The van der Waals surface area contributed by atoms with E-state index < -0.39 is 11.6 Å². The van der Waals surface area contributed by atoms with Crippen LogP contribution >= 0.6 is 0 Å². The van der Waals surface area contributed by atoms with Crippen LogP contribution in [0.4, 0.5) is 4.79 Å². The molecule has 2 fully saturated rings. The van der Waals surface area contributed by atoms with Crippen LogP contribution in [0.15, 0.2) is 0 Å². The van der Waals surface area contributed by atoms with E-state index in [0.717, 1.165) is 45.2 Å². The highest BCUT2D eigenvalue weighted by atomic mass is 16.2. The maximum Gasteiger partial charge on any atom is 0.322 e. The van der Waals surface area contributed by atoms with Crippen LogP contribution in [-0.4, -0.2) is 41.4 Å². The number of hydrogen-bond acceptors (Lipinski definition) is 3. The fraction of sp³-hybridized carbons (Fsp3) is 0.812. The Morgan fingerprint density at radius 1 is 1.23 bits per heavy atom.